The predicted octanol–water partition coefficient (Wildman–Crippen LogP) is -0.0102. The Kier molecular flexibility index (Phi) is 2.96. The molecule has 7 nitrogen and oxygen atoms in total. The van der Waals surface area contributed by atoms with Gasteiger partial charge in [-0.05, 0) is 24.7 Å². The van der Waals surface area contributed by atoms with Gasteiger partial charge in [-0.3, -0.25) is 4.79 Å². The lowest BCUT2D eigenvalue weighted by molar-refractivity contribution is -0.150. The van der Waals surface area contributed by atoms with Crippen LogP contribution >= 0.6 is 0 Å². The largest absolute Gasteiger partial charge is 0.480 e. The molecule has 1 saturated heterocycles. The molecule has 1 amide bonds. The first-order chi connectivity index (χ1) is 9.16. The van der Waals surface area contributed by atoms with Crippen LogP contribution in [-0.2, 0) is 16.1 Å². The zero-order chi connectivity index (χ0) is 13.4. The first kappa shape index (κ1) is 12.1. The summed E-state index contributed by atoms with van der Waals surface area (Å²) < 4.78 is 1.43. The Bertz CT molecular complexity index is 487. The summed E-state index contributed by atoms with van der Waals surface area (Å²) in [4.78, 5) is 25.2. The molecule has 0 bridgehead atoms. The molecule has 7 heteroatoms. The smallest absolute Gasteiger partial charge is 0.326 e. The summed E-state index contributed by atoms with van der Waals surface area (Å²) in [6.45, 7) is 0.623. The molecule has 3 rings (SSSR count). The van der Waals surface area contributed by atoms with E-state index in [-0.39, 0.29) is 18.4 Å². The predicted molar refractivity (Wildman–Crippen MR) is 64.0 cm³/mol. The van der Waals surface area contributed by atoms with Gasteiger partial charge >= 0.3 is 5.97 Å². The summed E-state index contributed by atoms with van der Waals surface area (Å²) in [7, 11) is 0. The van der Waals surface area contributed by atoms with Gasteiger partial charge in [0.25, 0.3) is 0 Å². The Balaban J connectivity index is 1.76. The van der Waals surface area contributed by atoms with Crippen LogP contribution in [0.3, 0.4) is 0 Å². The number of carbonyl (C=O) groups is 2. The average Bonchev–Trinajstić information content (AvgIpc) is 3.02. The molecule has 3 atom stereocenters. The monoisotopic (exact) mass is 264 g/mol. The maximum atomic E-state index is 12.2. The van der Waals surface area contributed by atoms with E-state index in [4.69, 9.17) is 0 Å². The molecule has 3 unspecified atom stereocenters. The fourth-order valence-corrected chi connectivity index (χ4v) is 3.43. The van der Waals surface area contributed by atoms with Gasteiger partial charge in [-0.2, -0.15) is 0 Å². The summed E-state index contributed by atoms with van der Waals surface area (Å²) in [6.07, 6.45) is 6.12. The fourth-order valence-electron chi connectivity index (χ4n) is 3.43. The van der Waals surface area contributed by atoms with Gasteiger partial charge in [0.2, 0.25) is 5.91 Å². The molecular formula is C12H16N4O3. The molecule has 1 aliphatic heterocycles. The van der Waals surface area contributed by atoms with Crippen molar-refractivity contribution in [2.75, 3.05) is 6.54 Å². The minimum absolute atomic E-state index is 0.0587. The highest BCUT2D eigenvalue weighted by molar-refractivity contribution is 5.84. The fraction of sp³-hybridized carbons (Fsp3) is 0.667. The zero-order valence-electron chi connectivity index (χ0n) is 10.5. The lowest BCUT2D eigenvalue weighted by atomic mass is 9.94. The summed E-state index contributed by atoms with van der Waals surface area (Å²) in [5.41, 5.74) is 0. The first-order valence-corrected chi connectivity index (χ1v) is 6.53. The number of fused-ring (bicyclic) bond motifs is 1. The summed E-state index contributed by atoms with van der Waals surface area (Å²) >= 11 is 0. The molecule has 0 radical (unpaired) electrons. The van der Waals surface area contributed by atoms with Crippen molar-refractivity contribution < 1.29 is 14.7 Å². The Labute approximate surface area is 110 Å². The highest BCUT2D eigenvalue weighted by Gasteiger charge is 2.49. The van der Waals surface area contributed by atoms with E-state index in [1.807, 2.05) is 0 Å². The summed E-state index contributed by atoms with van der Waals surface area (Å²) in [6, 6.07) is -0.663. The quantitative estimate of drug-likeness (QED) is 0.829. The van der Waals surface area contributed by atoms with E-state index in [0.717, 1.165) is 19.3 Å². The molecule has 2 heterocycles. The van der Waals surface area contributed by atoms with Crippen LogP contribution in [0.15, 0.2) is 12.4 Å². The molecule has 0 spiro atoms. The van der Waals surface area contributed by atoms with Crippen LogP contribution in [0.5, 0.6) is 0 Å². The maximum Gasteiger partial charge on any atom is 0.326 e. The van der Waals surface area contributed by atoms with Crippen LogP contribution in [0.2, 0.25) is 0 Å². The molecule has 2 aliphatic rings. The second-order valence-electron chi connectivity index (χ2n) is 5.28. The van der Waals surface area contributed by atoms with Gasteiger partial charge in [-0.25, -0.2) is 9.48 Å². The van der Waals surface area contributed by atoms with Gasteiger partial charge in [0.15, 0.2) is 0 Å². The Morgan fingerprint density at radius 1 is 1.37 bits per heavy atom. The summed E-state index contributed by atoms with van der Waals surface area (Å²) in [5, 5.41) is 16.8. The number of rotatable bonds is 3. The number of likely N-dealkylation sites (tertiary alicyclic amines) is 1. The van der Waals surface area contributed by atoms with E-state index in [1.165, 1.54) is 15.8 Å². The molecule has 2 fully saturated rings. The number of hydrogen-bond donors (Lipinski definition) is 1. The Hall–Kier alpha value is -1.92. The Morgan fingerprint density at radius 2 is 2.21 bits per heavy atom. The van der Waals surface area contributed by atoms with Crippen LogP contribution in [0, 0.1) is 11.8 Å². The van der Waals surface area contributed by atoms with Crippen molar-refractivity contribution >= 4 is 11.9 Å². The number of carboxylic acids is 1. The van der Waals surface area contributed by atoms with Gasteiger partial charge in [-0.15, -0.1) is 5.10 Å². The van der Waals surface area contributed by atoms with Crippen LogP contribution in [0.25, 0.3) is 0 Å². The second kappa shape index (κ2) is 4.64. The first-order valence-electron chi connectivity index (χ1n) is 6.53. The molecule has 1 aromatic rings. The summed E-state index contributed by atoms with van der Waals surface area (Å²) in [5.74, 6) is -0.605. The van der Waals surface area contributed by atoms with Gasteiger partial charge in [0, 0.05) is 12.7 Å². The van der Waals surface area contributed by atoms with Crippen LogP contribution in [0.1, 0.15) is 19.3 Å². The van der Waals surface area contributed by atoms with Crippen molar-refractivity contribution in [3.63, 3.8) is 0 Å². The number of aromatic nitrogens is 3. The number of amides is 1. The molecular weight excluding hydrogens is 248 g/mol. The minimum Gasteiger partial charge on any atom is -0.480 e. The number of aliphatic carboxylic acids is 1. The number of nitrogens with zero attached hydrogens (tertiary/aromatic N) is 4. The molecule has 102 valence electrons. The maximum absolute atomic E-state index is 12.2. The molecule has 1 aromatic heterocycles. The van der Waals surface area contributed by atoms with Gasteiger partial charge in [0.1, 0.15) is 12.6 Å². The second-order valence-corrected chi connectivity index (χ2v) is 5.28. The van der Waals surface area contributed by atoms with Crippen molar-refractivity contribution in [3.8, 4) is 0 Å². The van der Waals surface area contributed by atoms with Gasteiger partial charge in [-0.1, -0.05) is 11.6 Å². The third kappa shape index (κ3) is 2.09. The van der Waals surface area contributed by atoms with Crippen molar-refractivity contribution in [2.45, 2.75) is 31.8 Å². The van der Waals surface area contributed by atoms with Crippen LogP contribution in [0.4, 0.5) is 0 Å². The highest BCUT2D eigenvalue weighted by atomic mass is 16.4. The van der Waals surface area contributed by atoms with Gasteiger partial charge < -0.3 is 10.0 Å². The minimum atomic E-state index is -0.888. The molecule has 19 heavy (non-hydrogen) atoms. The topological polar surface area (TPSA) is 88.3 Å². The average molecular weight is 264 g/mol. The van der Waals surface area contributed by atoms with Crippen LogP contribution in [-0.4, -0.2) is 49.5 Å². The molecule has 1 N–H and O–H groups in total. The molecule has 0 aromatic carbocycles. The van der Waals surface area contributed by atoms with E-state index in [9.17, 15) is 14.7 Å². The SMILES string of the molecule is O=C(O)C1C2CCCC2CN1C(=O)Cn1ccnn1. The number of carbonyl (C=O) groups excluding carboxylic acids is 1. The van der Waals surface area contributed by atoms with E-state index < -0.39 is 12.0 Å². The number of carboxylic acid groups (broad SMARTS) is 1. The highest BCUT2D eigenvalue weighted by Crippen LogP contribution is 2.42. The third-order valence-electron chi connectivity index (χ3n) is 4.23. The lowest BCUT2D eigenvalue weighted by Gasteiger charge is -2.24. The normalized spacial score (nSPS) is 29.5. The van der Waals surface area contributed by atoms with E-state index >= 15 is 0 Å². The van der Waals surface area contributed by atoms with Gasteiger partial charge in [0.05, 0.1) is 6.20 Å². The van der Waals surface area contributed by atoms with E-state index in [2.05, 4.69) is 10.3 Å². The van der Waals surface area contributed by atoms with Crippen molar-refractivity contribution in [1.82, 2.24) is 19.9 Å². The molecule has 1 saturated carbocycles. The van der Waals surface area contributed by atoms with Crippen LogP contribution < -0.4 is 0 Å². The molecule has 1 aliphatic carbocycles. The Morgan fingerprint density at radius 3 is 2.89 bits per heavy atom. The zero-order valence-corrected chi connectivity index (χ0v) is 10.5. The number of hydrogen-bond acceptors (Lipinski definition) is 4. The standard InChI is InChI=1S/C12H16N4O3/c17-10(7-15-5-4-13-14-15)16-6-8-2-1-3-9(8)11(16)12(18)19/h4-5,8-9,11H,1-3,6-7H2,(H,18,19). The van der Waals surface area contributed by atoms with E-state index in [0.29, 0.717) is 12.5 Å². The van der Waals surface area contributed by atoms with Crippen molar-refractivity contribution in [2.24, 2.45) is 11.8 Å². The lowest BCUT2D eigenvalue weighted by Crippen LogP contribution is -2.44. The van der Waals surface area contributed by atoms with Crippen molar-refractivity contribution in [3.05, 3.63) is 12.4 Å². The third-order valence-corrected chi connectivity index (χ3v) is 4.23. The van der Waals surface area contributed by atoms with E-state index in [1.54, 1.807) is 6.20 Å². The van der Waals surface area contributed by atoms with Crippen molar-refractivity contribution in [1.29, 1.82) is 0 Å².